The molecule has 0 unspecified atom stereocenters. The predicted molar refractivity (Wildman–Crippen MR) is 81.3 cm³/mol. The summed E-state index contributed by atoms with van der Waals surface area (Å²) in [6, 6.07) is 9.22. The molecule has 0 fully saturated rings. The highest BCUT2D eigenvalue weighted by Gasteiger charge is 2.08. The number of hydrogen-bond donors (Lipinski definition) is 1. The molecule has 0 spiro atoms. The third-order valence-electron chi connectivity index (χ3n) is 3.08. The van der Waals surface area contributed by atoms with E-state index >= 15 is 0 Å². The zero-order chi connectivity index (χ0) is 14.1. The Labute approximate surface area is 120 Å². The zero-order valence-corrected chi connectivity index (χ0v) is 12.0. The SMILES string of the molecule is Cc1nc2ccc(NC(=O)c3cccs3)cc2nc1C. The molecule has 20 heavy (non-hydrogen) atoms. The molecule has 5 heteroatoms. The number of carbonyl (C=O) groups is 1. The van der Waals surface area contributed by atoms with Crippen molar-refractivity contribution in [2.75, 3.05) is 5.32 Å². The summed E-state index contributed by atoms with van der Waals surface area (Å²) in [6.07, 6.45) is 0. The van der Waals surface area contributed by atoms with Crippen LogP contribution < -0.4 is 5.32 Å². The molecule has 1 amide bonds. The van der Waals surface area contributed by atoms with Gasteiger partial charge in [-0.15, -0.1) is 11.3 Å². The molecule has 0 aliphatic heterocycles. The van der Waals surface area contributed by atoms with Crippen LogP contribution in [0.3, 0.4) is 0 Å². The summed E-state index contributed by atoms with van der Waals surface area (Å²) in [5.74, 6) is -0.101. The Morgan fingerprint density at radius 1 is 1.10 bits per heavy atom. The van der Waals surface area contributed by atoms with E-state index in [-0.39, 0.29) is 5.91 Å². The average Bonchev–Trinajstić information content (AvgIpc) is 2.94. The Balaban J connectivity index is 1.93. The summed E-state index contributed by atoms with van der Waals surface area (Å²) in [5.41, 5.74) is 4.18. The number of nitrogens with one attached hydrogen (secondary N) is 1. The topological polar surface area (TPSA) is 54.9 Å². The van der Waals surface area contributed by atoms with Crippen molar-refractivity contribution in [3.8, 4) is 0 Å². The highest BCUT2D eigenvalue weighted by molar-refractivity contribution is 7.12. The van der Waals surface area contributed by atoms with Crippen molar-refractivity contribution < 1.29 is 4.79 Å². The van der Waals surface area contributed by atoms with E-state index in [4.69, 9.17) is 0 Å². The molecule has 0 aliphatic rings. The molecule has 0 bridgehead atoms. The lowest BCUT2D eigenvalue weighted by molar-refractivity contribution is 0.103. The molecule has 0 saturated carbocycles. The van der Waals surface area contributed by atoms with Crippen molar-refractivity contribution in [3.63, 3.8) is 0 Å². The Morgan fingerprint density at radius 3 is 2.55 bits per heavy atom. The minimum Gasteiger partial charge on any atom is -0.321 e. The van der Waals surface area contributed by atoms with Crippen LogP contribution in [0.25, 0.3) is 11.0 Å². The summed E-state index contributed by atoms with van der Waals surface area (Å²) in [7, 11) is 0. The number of benzene rings is 1. The van der Waals surface area contributed by atoms with Gasteiger partial charge in [-0.3, -0.25) is 4.79 Å². The van der Waals surface area contributed by atoms with E-state index in [1.54, 1.807) is 6.07 Å². The number of hydrogen-bond acceptors (Lipinski definition) is 4. The van der Waals surface area contributed by atoms with Crippen LogP contribution in [-0.2, 0) is 0 Å². The zero-order valence-electron chi connectivity index (χ0n) is 11.2. The van der Waals surface area contributed by atoms with E-state index < -0.39 is 0 Å². The number of aromatic nitrogens is 2. The first kappa shape index (κ1) is 12.7. The van der Waals surface area contributed by atoms with Crippen LogP contribution in [0.4, 0.5) is 5.69 Å². The number of fused-ring (bicyclic) bond motifs is 1. The Hall–Kier alpha value is -2.27. The second-order valence-corrected chi connectivity index (χ2v) is 5.48. The summed E-state index contributed by atoms with van der Waals surface area (Å²) in [6.45, 7) is 3.87. The number of rotatable bonds is 2. The normalized spacial score (nSPS) is 10.7. The molecule has 2 heterocycles. The maximum absolute atomic E-state index is 12.0. The number of carbonyl (C=O) groups excluding carboxylic acids is 1. The lowest BCUT2D eigenvalue weighted by Gasteiger charge is -2.06. The standard InChI is InChI=1S/C15H13N3OS/c1-9-10(2)17-13-8-11(5-6-12(13)16-9)18-15(19)14-4-3-7-20-14/h3-8H,1-2H3,(H,18,19). The third-order valence-corrected chi connectivity index (χ3v) is 3.95. The maximum atomic E-state index is 12.0. The minimum atomic E-state index is -0.101. The van der Waals surface area contributed by atoms with Gasteiger partial charge in [-0.25, -0.2) is 9.97 Å². The molecule has 0 atom stereocenters. The third kappa shape index (κ3) is 2.40. The van der Waals surface area contributed by atoms with Crippen molar-refractivity contribution in [2.24, 2.45) is 0 Å². The minimum absolute atomic E-state index is 0.101. The van der Waals surface area contributed by atoms with Crippen molar-refractivity contribution in [1.82, 2.24) is 9.97 Å². The highest BCUT2D eigenvalue weighted by atomic mass is 32.1. The van der Waals surface area contributed by atoms with Gasteiger partial charge in [0.1, 0.15) is 0 Å². The summed E-state index contributed by atoms with van der Waals surface area (Å²) in [5, 5.41) is 4.76. The maximum Gasteiger partial charge on any atom is 0.265 e. The molecular formula is C15H13N3OS. The van der Waals surface area contributed by atoms with Gasteiger partial charge in [0.2, 0.25) is 0 Å². The first-order valence-corrected chi connectivity index (χ1v) is 7.11. The van der Waals surface area contributed by atoms with E-state index in [2.05, 4.69) is 15.3 Å². The monoisotopic (exact) mass is 283 g/mol. The quantitative estimate of drug-likeness (QED) is 0.782. The Kier molecular flexibility index (Phi) is 3.20. The van der Waals surface area contributed by atoms with Gasteiger partial charge >= 0.3 is 0 Å². The molecule has 1 N–H and O–H groups in total. The van der Waals surface area contributed by atoms with E-state index in [1.165, 1.54) is 11.3 Å². The molecule has 2 aromatic heterocycles. The number of amides is 1. The molecule has 100 valence electrons. The summed E-state index contributed by atoms with van der Waals surface area (Å²) in [4.78, 5) is 21.7. The fraction of sp³-hybridized carbons (Fsp3) is 0.133. The van der Waals surface area contributed by atoms with Crippen LogP contribution in [0.2, 0.25) is 0 Å². The largest absolute Gasteiger partial charge is 0.321 e. The van der Waals surface area contributed by atoms with Gasteiger partial charge < -0.3 is 5.32 Å². The first-order valence-electron chi connectivity index (χ1n) is 6.23. The number of thiophene rings is 1. The highest BCUT2D eigenvalue weighted by Crippen LogP contribution is 2.19. The van der Waals surface area contributed by atoms with Crippen LogP contribution in [0.1, 0.15) is 21.1 Å². The number of nitrogens with zero attached hydrogens (tertiary/aromatic N) is 2. The van der Waals surface area contributed by atoms with E-state index in [0.717, 1.165) is 28.1 Å². The van der Waals surface area contributed by atoms with Gasteiger partial charge in [0.15, 0.2) is 0 Å². The Bertz CT molecular complexity index is 781. The Morgan fingerprint density at radius 2 is 1.85 bits per heavy atom. The molecular weight excluding hydrogens is 270 g/mol. The molecule has 0 saturated heterocycles. The second kappa shape index (κ2) is 5.02. The molecule has 3 aromatic rings. The molecule has 3 rings (SSSR count). The molecule has 1 aromatic carbocycles. The smallest absolute Gasteiger partial charge is 0.265 e. The lowest BCUT2D eigenvalue weighted by atomic mass is 10.2. The van der Waals surface area contributed by atoms with E-state index in [1.807, 2.05) is 43.5 Å². The van der Waals surface area contributed by atoms with Gasteiger partial charge in [-0.1, -0.05) is 6.07 Å². The summed E-state index contributed by atoms with van der Waals surface area (Å²) < 4.78 is 0. The van der Waals surface area contributed by atoms with Gasteiger partial charge in [-0.2, -0.15) is 0 Å². The van der Waals surface area contributed by atoms with Gasteiger partial charge in [0, 0.05) is 5.69 Å². The van der Waals surface area contributed by atoms with Crippen molar-refractivity contribution >= 4 is 34.0 Å². The summed E-state index contributed by atoms with van der Waals surface area (Å²) >= 11 is 1.42. The van der Waals surface area contributed by atoms with Crippen LogP contribution >= 0.6 is 11.3 Å². The second-order valence-electron chi connectivity index (χ2n) is 4.53. The van der Waals surface area contributed by atoms with Crippen LogP contribution in [0.15, 0.2) is 35.7 Å². The molecule has 0 radical (unpaired) electrons. The number of anilines is 1. The molecule has 0 aliphatic carbocycles. The average molecular weight is 283 g/mol. The van der Waals surface area contributed by atoms with Gasteiger partial charge in [-0.05, 0) is 43.5 Å². The molecule has 4 nitrogen and oxygen atoms in total. The van der Waals surface area contributed by atoms with Crippen molar-refractivity contribution in [2.45, 2.75) is 13.8 Å². The van der Waals surface area contributed by atoms with Crippen molar-refractivity contribution in [1.29, 1.82) is 0 Å². The van der Waals surface area contributed by atoms with Crippen LogP contribution in [-0.4, -0.2) is 15.9 Å². The fourth-order valence-electron chi connectivity index (χ4n) is 1.91. The van der Waals surface area contributed by atoms with E-state index in [9.17, 15) is 4.79 Å². The number of aryl methyl sites for hydroxylation is 2. The van der Waals surface area contributed by atoms with Crippen LogP contribution in [0, 0.1) is 13.8 Å². The van der Waals surface area contributed by atoms with Gasteiger partial charge in [0.25, 0.3) is 5.91 Å². The lowest BCUT2D eigenvalue weighted by Crippen LogP contribution is -2.10. The van der Waals surface area contributed by atoms with Gasteiger partial charge in [0.05, 0.1) is 27.3 Å². The predicted octanol–water partition coefficient (Wildman–Crippen LogP) is 3.56. The fourth-order valence-corrected chi connectivity index (χ4v) is 2.53. The van der Waals surface area contributed by atoms with E-state index in [0.29, 0.717) is 4.88 Å². The first-order chi connectivity index (χ1) is 9.63. The van der Waals surface area contributed by atoms with Crippen LogP contribution in [0.5, 0.6) is 0 Å². The van der Waals surface area contributed by atoms with Crippen molar-refractivity contribution in [3.05, 3.63) is 52.0 Å².